The van der Waals surface area contributed by atoms with Crippen LogP contribution in [-0.2, 0) is 22.4 Å². The first-order valence-electron chi connectivity index (χ1n) is 11.4. The molecule has 1 aromatic heterocycles. The number of para-hydroxylation sites is 1. The summed E-state index contributed by atoms with van der Waals surface area (Å²) < 4.78 is 18.8. The van der Waals surface area contributed by atoms with Gasteiger partial charge >= 0.3 is 12.0 Å². The number of nitrogens with one attached hydrogen (secondary N) is 3. The number of rotatable bonds is 11. The number of halogens is 1. The Labute approximate surface area is 207 Å². The van der Waals surface area contributed by atoms with E-state index in [2.05, 4.69) is 26.1 Å². The van der Waals surface area contributed by atoms with Gasteiger partial charge in [0.1, 0.15) is 5.82 Å². The number of hydrogen-bond acceptors (Lipinski definition) is 6. The summed E-state index contributed by atoms with van der Waals surface area (Å²) in [5.41, 5.74) is 1.26. The number of anilines is 2. The Kier molecular flexibility index (Phi) is 9.09. The molecule has 0 saturated heterocycles. The molecule has 2 aromatic carbocycles. The minimum Gasteiger partial charge on any atom is -0.481 e. The third kappa shape index (κ3) is 8.19. The van der Waals surface area contributed by atoms with E-state index >= 15 is 0 Å². The van der Waals surface area contributed by atoms with Crippen LogP contribution in [0.5, 0.6) is 0 Å². The lowest BCUT2D eigenvalue weighted by molar-refractivity contribution is -0.137. The maximum Gasteiger partial charge on any atom is 0.323 e. The molecule has 1 atom stereocenters. The van der Waals surface area contributed by atoms with Crippen LogP contribution in [0.4, 0.5) is 20.6 Å². The van der Waals surface area contributed by atoms with Crippen molar-refractivity contribution in [1.82, 2.24) is 15.5 Å². The highest BCUT2D eigenvalue weighted by atomic mass is 19.1. The maximum absolute atomic E-state index is 13.7. The van der Waals surface area contributed by atoms with Crippen molar-refractivity contribution in [3.05, 3.63) is 71.6 Å². The second-order valence-corrected chi connectivity index (χ2v) is 8.62. The van der Waals surface area contributed by atoms with E-state index in [4.69, 9.17) is 9.63 Å². The number of aryl methyl sites for hydroxylation is 1. The number of nitrogens with zero attached hydrogens (tertiary/aromatic N) is 2. The Morgan fingerprint density at radius 1 is 1.06 bits per heavy atom. The molecule has 0 radical (unpaired) electrons. The van der Waals surface area contributed by atoms with E-state index in [-0.39, 0.29) is 42.7 Å². The summed E-state index contributed by atoms with van der Waals surface area (Å²) in [7, 11) is 0. The van der Waals surface area contributed by atoms with Crippen LogP contribution >= 0.6 is 0 Å². The summed E-state index contributed by atoms with van der Waals surface area (Å²) in [6.07, 6.45) is 0.644. The SMILES string of the molecule is CC(C)CC(NC(=O)Cc1ccc(NC(=O)Nc2ccccc2F)cc1)c1noc(CCC(=O)O)n1. The Morgan fingerprint density at radius 3 is 2.44 bits per heavy atom. The zero-order valence-electron chi connectivity index (χ0n) is 20.0. The number of carbonyl (C=O) groups is 3. The number of urea groups is 1. The minimum atomic E-state index is -0.964. The number of aromatic nitrogens is 2. The maximum atomic E-state index is 13.7. The highest BCUT2D eigenvalue weighted by Crippen LogP contribution is 2.20. The number of carbonyl (C=O) groups excluding carboxylic acids is 2. The molecule has 36 heavy (non-hydrogen) atoms. The average Bonchev–Trinajstić information content (AvgIpc) is 3.29. The van der Waals surface area contributed by atoms with Gasteiger partial charge in [-0.25, -0.2) is 9.18 Å². The van der Waals surface area contributed by atoms with Crippen LogP contribution in [0.3, 0.4) is 0 Å². The zero-order valence-corrected chi connectivity index (χ0v) is 20.0. The van der Waals surface area contributed by atoms with Gasteiger partial charge in [0, 0.05) is 12.1 Å². The molecule has 0 bridgehead atoms. The molecule has 10 nitrogen and oxygen atoms in total. The highest BCUT2D eigenvalue weighted by Gasteiger charge is 2.22. The van der Waals surface area contributed by atoms with Gasteiger partial charge in [0.15, 0.2) is 5.82 Å². The van der Waals surface area contributed by atoms with Crippen LogP contribution in [0.25, 0.3) is 0 Å². The van der Waals surface area contributed by atoms with Gasteiger partial charge in [-0.15, -0.1) is 0 Å². The van der Waals surface area contributed by atoms with Gasteiger partial charge in [-0.2, -0.15) is 4.98 Å². The summed E-state index contributed by atoms with van der Waals surface area (Å²) in [6, 6.07) is 11.5. The molecule has 3 amide bonds. The van der Waals surface area contributed by atoms with E-state index in [0.29, 0.717) is 23.5 Å². The number of carboxylic acids is 1. The Balaban J connectivity index is 1.56. The molecule has 0 aliphatic rings. The molecule has 0 spiro atoms. The Bertz CT molecular complexity index is 1200. The predicted octanol–water partition coefficient (Wildman–Crippen LogP) is 4.32. The third-order valence-corrected chi connectivity index (χ3v) is 5.09. The van der Waals surface area contributed by atoms with E-state index in [0.717, 1.165) is 0 Å². The van der Waals surface area contributed by atoms with Crippen molar-refractivity contribution >= 4 is 29.3 Å². The molecule has 0 aliphatic heterocycles. The van der Waals surface area contributed by atoms with Gasteiger partial charge in [0.2, 0.25) is 11.8 Å². The quantitative estimate of drug-likeness (QED) is 0.309. The number of hydrogen-bond donors (Lipinski definition) is 4. The van der Waals surface area contributed by atoms with Crippen molar-refractivity contribution in [2.45, 2.75) is 45.6 Å². The normalized spacial score (nSPS) is 11.7. The Morgan fingerprint density at radius 2 is 1.78 bits per heavy atom. The lowest BCUT2D eigenvalue weighted by Gasteiger charge is -2.17. The molecule has 1 unspecified atom stereocenters. The minimum absolute atomic E-state index is 0.0647. The largest absolute Gasteiger partial charge is 0.481 e. The zero-order chi connectivity index (χ0) is 26.1. The van der Waals surface area contributed by atoms with Gasteiger partial charge < -0.3 is 25.6 Å². The molecule has 0 fully saturated rings. The molecular weight excluding hydrogens is 469 g/mol. The molecule has 11 heteroatoms. The first-order chi connectivity index (χ1) is 17.2. The smallest absolute Gasteiger partial charge is 0.323 e. The second kappa shape index (κ2) is 12.4. The number of amides is 3. The van der Waals surface area contributed by atoms with Crippen molar-refractivity contribution in [3.63, 3.8) is 0 Å². The first kappa shape index (κ1) is 26.3. The fourth-order valence-corrected chi connectivity index (χ4v) is 3.41. The molecule has 0 saturated carbocycles. The summed E-state index contributed by atoms with van der Waals surface area (Å²) in [4.78, 5) is 39.8. The van der Waals surface area contributed by atoms with E-state index in [9.17, 15) is 18.8 Å². The lowest BCUT2D eigenvalue weighted by atomic mass is 10.0. The van der Waals surface area contributed by atoms with E-state index in [1.54, 1.807) is 30.3 Å². The number of aliphatic carboxylic acids is 1. The lowest BCUT2D eigenvalue weighted by Crippen LogP contribution is -2.31. The van der Waals surface area contributed by atoms with Crippen molar-refractivity contribution in [2.24, 2.45) is 5.92 Å². The van der Waals surface area contributed by atoms with Gasteiger partial charge in [0.25, 0.3) is 0 Å². The van der Waals surface area contributed by atoms with Crippen LogP contribution in [0, 0.1) is 11.7 Å². The topological polar surface area (TPSA) is 146 Å². The van der Waals surface area contributed by atoms with E-state index < -0.39 is 23.9 Å². The van der Waals surface area contributed by atoms with Crippen LogP contribution in [0.1, 0.15) is 50.0 Å². The van der Waals surface area contributed by atoms with Crippen molar-refractivity contribution in [1.29, 1.82) is 0 Å². The molecule has 3 aromatic rings. The summed E-state index contributed by atoms with van der Waals surface area (Å²) in [6.45, 7) is 4.00. The van der Waals surface area contributed by atoms with Crippen molar-refractivity contribution in [2.75, 3.05) is 10.6 Å². The van der Waals surface area contributed by atoms with E-state index in [1.165, 1.54) is 18.2 Å². The summed E-state index contributed by atoms with van der Waals surface area (Å²) in [5.74, 6) is -1.01. The summed E-state index contributed by atoms with van der Waals surface area (Å²) >= 11 is 0. The Hall–Kier alpha value is -4.28. The molecule has 0 aliphatic carbocycles. The number of carboxylic acid groups (broad SMARTS) is 1. The number of benzene rings is 2. The third-order valence-electron chi connectivity index (χ3n) is 5.09. The first-order valence-corrected chi connectivity index (χ1v) is 11.4. The van der Waals surface area contributed by atoms with Crippen LogP contribution in [-0.4, -0.2) is 33.2 Å². The van der Waals surface area contributed by atoms with Gasteiger partial charge in [-0.1, -0.05) is 43.3 Å². The monoisotopic (exact) mass is 497 g/mol. The van der Waals surface area contributed by atoms with Crippen LogP contribution in [0.15, 0.2) is 53.1 Å². The van der Waals surface area contributed by atoms with Gasteiger partial charge in [-0.05, 0) is 42.2 Å². The van der Waals surface area contributed by atoms with Crippen LogP contribution in [0.2, 0.25) is 0 Å². The molecule has 190 valence electrons. The fourth-order valence-electron chi connectivity index (χ4n) is 3.41. The predicted molar refractivity (Wildman–Crippen MR) is 130 cm³/mol. The summed E-state index contributed by atoms with van der Waals surface area (Å²) in [5, 5.41) is 20.7. The average molecular weight is 498 g/mol. The van der Waals surface area contributed by atoms with Crippen LogP contribution < -0.4 is 16.0 Å². The van der Waals surface area contributed by atoms with Gasteiger partial charge in [-0.3, -0.25) is 9.59 Å². The second-order valence-electron chi connectivity index (χ2n) is 8.62. The highest BCUT2D eigenvalue weighted by molar-refractivity contribution is 5.99. The fraction of sp³-hybridized carbons (Fsp3) is 0.320. The van der Waals surface area contributed by atoms with Crippen molar-refractivity contribution in [3.8, 4) is 0 Å². The van der Waals surface area contributed by atoms with Crippen molar-refractivity contribution < 1.29 is 28.4 Å². The molecule has 4 N–H and O–H groups in total. The molecular formula is C25H28FN5O5. The van der Waals surface area contributed by atoms with Gasteiger partial charge in [0.05, 0.1) is 24.6 Å². The van der Waals surface area contributed by atoms with E-state index in [1.807, 2.05) is 13.8 Å². The molecule has 1 heterocycles. The molecule has 3 rings (SSSR count). The standard InChI is InChI=1S/C25H28FN5O5/c1-15(2)13-20(24-30-22(36-31-24)11-12-23(33)34)28-21(32)14-16-7-9-17(10-8-16)27-25(35)29-19-6-4-3-5-18(19)26/h3-10,15,20H,11-14H2,1-2H3,(H,28,32)(H,33,34)(H2,27,29,35).